The summed E-state index contributed by atoms with van der Waals surface area (Å²) in [5, 5.41) is 22.8. The van der Waals surface area contributed by atoms with Gasteiger partial charge in [-0.25, -0.2) is 4.79 Å². The van der Waals surface area contributed by atoms with E-state index in [-0.39, 0.29) is 29.0 Å². The molecule has 0 unspecified atom stereocenters. The zero-order valence-corrected chi connectivity index (χ0v) is 14.2. The molecule has 0 saturated carbocycles. The van der Waals surface area contributed by atoms with Crippen LogP contribution in [0, 0.1) is 10.1 Å². The molecule has 0 spiro atoms. The summed E-state index contributed by atoms with van der Waals surface area (Å²) in [7, 11) is 0. The number of nitrogens with zero attached hydrogens (tertiary/aromatic N) is 1. The van der Waals surface area contributed by atoms with Gasteiger partial charge in [-0.05, 0) is 18.2 Å². The molecule has 9 heteroatoms. The molecule has 9 nitrogen and oxygen atoms in total. The molecular formula is C18H16N2O7. The summed E-state index contributed by atoms with van der Waals surface area (Å²) in [6.07, 6.45) is -0.262. The van der Waals surface area contributed by atoms with Crippen molar-refractivity contribution in [3.05, 3.63) is 69.8 Å². The van der Waals surface area contributed by atoms with E-state index in [1.54, 1.807) is 6.07 Å². The molecule has 2 aromatic carbocycles. The van der Waals surface area contributed by atoms with E-state index >= 15 is 0 Å². The second-order valence-corrected chi connectivity index (χ2v) is 5.58. The normalized spacial score (nSPS) is 11.3. The first kappa shape index (κ1) is 19.6. The number of esters is 1. The monoisotopic (exact) mass is 372 g/mol. The number of benzene rings is 2. The number of aliphatic carboxylic acids is 1. The number of nitrogens with one attached hydrogen (secondary N) is 1. The molecule has 0 bridgehead atoms. The van der Waals surface area contributed by atoms with E-state index in [1.165, 1.54) is 49.4 Å². The molecule has 0 aromatic heterocycles. The van der Waals surface area contributed by atoms with Gasteiger partial charge in [0.25, 0.3) is 11.6 Å². The van der Waals surface area contributed by atoms with Crippen LogP contribution in [0.4, 0.5) is 5.69 Å². The molecule has 2 N–H and O–H groups in total. The van der Waals surface area contributed by atoms with E-state index in [2.05, 4.69) is 5.32 Å². The van der Waals surface area contributed by atoms with Crippen LogP contribution >= 0.6 is 0 Å². The van der Waals surface area contributed by atoms with Crippen LogP contribution in [0.2, 0.25) is 0 Å². The van der Waals surface area contributed by atoms with Crippen LogP contribution in [0.1, 0.15) is 22.8 Å². The van der Waals surface area contributed by atoms with Gasteiger partial charge in [0.2, 0.25) is 0 Å². The standard InChI is InChI=1S/C18H16N2O7/c1-11(21)27-14-7-4-6-13(9-14)17(22)19-15(18(23)24)10-12-5-2-3-8-16(12)20(25)26/h2-9,15H,10H2,1H3,(H,19,22)(H,23,24)/t15-/m1/s1. The van der Waals surface area contributed by atoms with Crippen molar-refractivity contribution in [2.75, 3.05) is 0 Å². The third kappa shape index (κ3) is 5.36. The summed E-state index contributed by atoms with van der Waals surface area (Å²) in [6, 6.07) is 10.00. The number of hydrogen-bond donors (Lipinski definition) is 2. The molecule has 1 amide bonds. The molecule has 0 aliphatic rings. The smallest absolute Gasteiger partial charge is 0.326 e. The molecule has 2 rings (SSSR count). The fourth-order valence-electron chi connectivity index (χ4n) is 2.39. The fourth-order valence-corrected chi connectivity index (χ4v) is 2.39. The van der Waals surface area contributed by atoms with Gasteiger partial charge in [0.15, 0.2) is 0 Å². The van der Waals surface area contributed by atoms with E-state index < -0.39 is 28.8 Å². The van der Waals surface area contributed by atoms with Gasteiger partial charge in [-0.1, -0.05) is 24.3 Å². The first-order valence-corrected chi connectivity index (χ1v) is 7.82. The molecule has 140 valence electrons. The number of carboxylic acid groups (broad SMARTS) is 1. The van der Waals surface area contributed by atoms with Gasteiger partial charge in [-0.15, -0.1) is 0 Å². The molecule has 0 saturated heterocycles. The van der Waals surface area contributed by atoms with Gasteiger partial charge < -0.3 is 15.2 Å². The first-order valence-electron chi connectivity index (χ1n) is 7.82. The second kappa shape index (κ2) is 8.56. The number of para-hydroxylation sites is 1. The van der Waals surface area contributed by atoms with Gasteiger partial charge >= 0.3 is 11.9 Å². The number of nitro groups is 1. The fraction of sp³-hybridized carbons (Fsp3) is 0.167. The minimum Gasteiger partial charge on any atom is -0.480 e. The lowest BCUT2D eigenvalue weighted by Gasteiger charge is -2.15. The summed E-state index contributed by atoms with van der Waals surface area (Å²) in [4.78, 5) is 45.3. The third-order valence-electron chi connectivity index (χ3n) is 3.57. The van der Waals surface area contributed by atoms with E-state index in [0.717, 1.165) is 0 Å². The Morgan fingerprint density at radius 3 is 2.52 bits per heavy atom. The Hall–Kier alpha value is -3.75. The van der Waals surface area contributed by atoms with Crippen molar-refractivity contribution in [2.45, 2.75) is 19.4 Å². The highest BCUT2D eigenvalue weighted by atomic mass is 16.6. The predicted molar refractivity (Wildman–Crippen MR) is 93.4 cm³/mol. The summed E-state index contributed by atoms with van der Waals surface area (Å²) < 4.78 is 4.89. The van der Waals surface area contributed by atoms with Crippen molar-refractivity contribution in [2.24, 2.45) is 0 Å². The summed E-state index contributed by atoms with van der Waals surface area (Å²) >= 11 is 0. The molecule has 2 aromatic rings. The molecule has 0 fully saturated rings. The maximum absolute atomic E-state index is 12.4. The third-order valence-corrected chi connectivity index (χ3v) is 3.57. The lowest BCUT2D eigenvalue weighted by molar-refractivity contribution is -0.385. The highest BCUT2D eigenvalue weighted by Crippen LogP contribution is 2.20. The molecule has 0 aliphatic heterocycles. The Morgan fingerprint density at radius 1 is 1.19 bits per heavy atom. The van der Waals surface area contributed by atoms with Gasteiger partial charge in [0, 0.05) is 30.5 Å². The molecule has 0 radical (unpaired) electrons. The van der Waals surface area contributed by atoms with Crippen molar-refractivity contribution in [3.8, 4) is 5.75 Å². The van der Waals surface area contributed by atoms with Crippen molar-refractivity contribution in [3.63, 3.8) is 0 Å². The zero-order valence-electron chi connectivity index (χ0n) is 14.2. The lowest BCUT2D eigenvalue weighted by atomic mass is 10.0. The number of carbonyl (C=O) groups is 3. The second-order valence-electron chi connectivity index (χ2n) is 5.58. The summed E-state index contributed by atoms with van der Waals surface area (Å²) in [5.41, 5.74) is 0.0429. The molecule has 0 heterocycles. The first-order chi connectivity index (χ1) is 12.8. The van der Waals surface area contributed by atoms with E-state index in [9.17, 15) is 29.6 Å². The van der Waals surface area contributed by atoms with Crippen molar-refractivity contribution >= 4 is 23.5 Å². The Bertz CT molecular complexity index is 895. The van der Waals surface area contributed by atoms with Gasteiger partial charge in [-0.2, -0.15) is 0 Å². The predicted octanol–water partition coefficient (Wildman–Crippen LogP) is 1.95. The minimum absolute atomic E-state index is 0.0857. The molecule has 1 atom stereocenters. The SMILES string of the molecule is CC(=O)Oc1cccc(C(=O)N[C@H](Cc2ccccc2[N+](=O)[O-])C(=O)O)c1. The number of rotatable bonds is 7. The van der Waals surface area contributed by atoms with Crippen molar-refractivity contribution in [1.82, 2.24) is 5.32 Å². The number of carboxylic acids is 1. The van der Waals surface area contributed by atoms with Crippen LogP contribution in [0.5, 0.6) is 5.75 Å². The lowest BCUT2D eigenvalue weighted by Crippen LogP contribution is -2.42. The highest BCUT2D eigenvalue weighted by molar-refractivity contribution is 5.97. The topological polar surface area (TPSA) is 136 Å². The Morgan fingerprint density at radius 2 is 1.89 bits per heavy atom. The number of nitro benzene ring substituents is 1. The average Bonchev–Trinajstić information content (AvgIpc) is 2.61. The van der Waals surface area contributed by atoms with Gasteiger partial charge in [0.05, 0.1) is 4.92 Å². The zero-order chi connectivity index (χ0) is 20.0. The molecule has 27 heavy (non-hydrogen) atoms. The van der Waals surface area contributed by atoms with E-state index in [0.29, 0.717) is 0 Å². The number of carbonyl (C=O) groups excluding carboxylic acids is 2. The van der Waals surface area contributed by atoms with Crippen LogP contribution in [-0.4, -0.2) is 33.9 Å². The Balaban J connectivity index is 2.19. The molecule has 0 aliphatic carbocycles. The van der Waals surface area contributed by atoms with Crippen LogP contribution in [-0.2, 0) is 16.0 Å². The van der Waals surface area contributed by atoms with E-state index in [4.69, 9.17) is 4.74 Å². The Kier molecular flexibility index (Phi) is 6.21. The Labute approximate surface area is 153 Å². The quantitative estimate of drug-likeness (QED) is 0.328. The maximum atomic E-state index is 12.4. The van der Waals surface area contributed by atoms with Crippen LogP contribution in [0.3, 0.4) is 0 Å². The number of amides is 1. The maximum Gasteiger partial charge on any atom is 0.326 e. The minimum atomic E-state index is -1.38. The summed E-state index contributed by atoms with van der Waals surface area (Å²) in [6.45, 7) is 1.21. The number of ether oxygens (including phenoxy) is 1. The van der Waals surface area contributed by atoms with Gasteiger partial charge in [-0.3, -0.25) is 19.7 Å². The van der Waals surface area contributed by atoms with Gasteiger partial charge in [0.1, 0.15) is 11.8 Å². The van der Waals surface area contributed by atoms with Crippen molar-refractivity contribution in [1.29, 1.82) is 0 Å². The van der Waals surface area contributed by atoms with Crippen LogP contribution in [0.25, 0.3) is 0 Å². The highest BCUT2D eigenvalue weighted by Gasteiger charge is 2.25. The van der Waals surface area contributed by atoms with E-state index in [1.807, 2.05) is 0 Å². The number of hydrogen-bond acceptors (Lipinski definition) is 6. The largest absolute Gasteiger partial charge is 0.480 e. The van der Waals surface area contributed by atoms with Crippen molar-refractivity contribution < 1.29 is 29.2 Å². The average molecular weight is 372 g/mol. The molecular weight excluding hydrogens is 356 g/mol. The van der Waals surface area contributed by atoms with Crippen LogP contribution in [0.15, 0.2) is 48.5 Å². The summed E-state index contributed by atoms with van der Waals surface area (Å²) in [5.74, 6) is -2.47. The van der Waals surface area contributed by atoms with Crippen LogP contribution < -0.4 is 10.1 Å².